The Balaban J connectivity index is 2.24. The molecule has 0 saturated carbocycles. The molecule has 21 heavy (non-hydrogen) atoms. The quantitative estimate of drug-likeness (QED) is 0.791. The first kappa shape index (κ1) is 15.4. The predicted octanol–water partition coefficient (Wildman–Crippen LogP) is 1.53. The number of piperidine rings is 1. The molecule has 4 N–H and O–H groups in total. The molecule has 0 spiro atoms. The van der Waals surface area contributed by atoms with Crippen molar-refractivity contribution in [3.63, 3.8) is 0 Å². The zero-order valence-electron chi connectivity index (χ0n) is 11.6. The van der Waals surface area contributed by atoms with Crippen molar-refractivity contribution in [1.82, 2.24) is 5.32 Å². The van der Waals surface area contributed by atoms with Crippen LogP contribution in [0.1, 0.15) is 36.5 Å². The lowest BCUT2D eigenvalue weighted by molar-refractivity contribution is -0.122. The van der Waals surface area contributed by atoms with Gasteiger partial charge in [-0.3, -0.25) is 9.59 Å². The van der Waals surface area contributed by atoms with Crippen LogP contribution in [-0.2, 0) is 4.79 Å². The molecule has 114 valence electrons. The van der Waals surface area contributed by atoms with Crippen molar-refractivity contribution in [2.24, 2.45) is 5.73 Å². The summed E-state index contributed by atoms with van der Waals surface area (Å²) in [5, 5.41) is 5.48. The average molecular weight is 297 g/mol. The maximum Gasteiger partial charge on any atom is 0.251 e. The molecule has 7 heteroatoms. The highest BCUT2D eigenvalue weighted by Gasteiger charge is 2.34. The van der Waals surface area contributed by atoms with E-state index in [9.17, 15) is 18.4 Å². The van der Waals surface area contributed by atoms with Crippen molar-refractivity contribution in [3.8, 4) is 0 Å². The standard InChI is InChI=1S/C14H17F2N3O2/c1-14(4-2-3-5-18-14)13(21)19-11-6-8(12(17)20)9(15)7-10(11)16/h6-7,18H,2-5H2,1H3,(H2,17,20)(H,19,21). The second kappa shape index (κ2) is 5.77. The Labute approximate surface area is 120 Å². The molecule has 1 heterocycles. The molecule has 2 amide bonds. The van der Waals surface area contributed by atoms with Crippen LogP contribution in [0.25, 0.3) is 0 Å². The van der Waals surface area contributed by atoms with Crippen LogP contribution < -0.4 is 16.4 Å². The van der Waals surface area contributed by atoms with Crippen molar-refractivity contribution in [2.45, 2.75) is 31.7 Å². The molecular formula is C14H17F2N3O2. The monoisotopic (exact) mass is 297 g/mol. The second-order valence-corrected chi connectivity index (χ2v) is 5.35. The van der Waals surface area contributed by atoms with Gasteiger partial charge < -0.3 is 16.4 Å². The fraction of sp³-hybridized carbons (Fsp3) is 0.429. The van der Waals surface area contributed by atoms with Gasteiger partial charge in [0.05, 0.1) is 16.8 Å². The lowest BCUT2D eigenvalue weighted by Gasteiger charge is -2.33. The number of hydrogen-bond acceptors (Lipinski definition) is 3. The molecule has 1 aromatic carbocycles. The van der Waals surface area contributed by atoms with E-state index in [1.165, 1.54) is 0 Å². The summed E-state index contributed by atoms with van der Waals surface area (Å²) in [6, 6.07) is 1.45. The van der Waals surface area contributed by atoms with E-state index in [1.54, 1.807) is 6.92 Å². The topological polar surface area (TPSA) is 84.2 Å². The number of benzene rings is 1. The number of amides is 2. The largest absolute Gasteiger partial charge is 0.366 e. The van der Waals surface area contributed by atoms with Crippen LogP contribution in [0, 0.1) is 11.6 Å². The number of rotatable bonds is 3. The maximum absolute atomic E-state index is 13.7. The highest BCUT2D eigenvalue weighted by molar-refractivity contribution is 6.00. The molecule has 1 fully saturated rings. The maximum atomic E-state index is 13.7. The van der Waals surface area contributed by atoms with Crippen LogP contribution in [0.4, 0.5) is 14.5 Å². The third-order valence-electron chi connectivity index (χ3n) is 3.69. The van der Waals surface area contributed by atoms with E-state index < -0.39 is 34.6 Å². The van der Waals surface area contributed by atoms with E-state index >= 15 is 0 Å². The first-order chi connectivity index (χ1) is 9.83. The SMILES string of the molecule is CC1(C(=O)Nc2cc(C(N)=O)c(F)cc2F)CCCCN1. The van der Waals surface area contributed by atoms with E-state index in [4.69, 9.17) is 5.73 Å². The first-order valence-corrected chi connectivity index (χ1v) is 6.69. The number of nitrogens with two attached hydrogens (primary N) is 1. The Morgan fingerprint density at radius 2 is 2.00 bits per heavy atom. The predicted molar refractivity (Wildman–Crippen MR) is 73.8 cm³/mol. The number of halogens is 2. The van der Waals surface area contributed by atoms with E-state index in [-0.39, 0.29) is 5.69 Å². The van der Waals surface area contributed by atoms with Gasteiger partial charge in [0.2, 0.25) is 5.91 Å². The van der Waals surface area contributed by atoms with Crippen LogP contribution in [-0.4, -0.2) is 23.9 Å². The van der Waals surface area contributed by atoms with Gasteiger partial charge in [0.1, 0.15) is 11.6 Å². The molecule has 1 aliphatic rings. The lowest BCUT2D eigenvalue weighted by atomic mass is 9.90. The van der Waals surface area contributed by atoms with Crippen molar-refractivity contribution in [1.29, 1.82) is 0 Å². The number of nitrogens with one attached hydrogen (secondary N) is 2. The van der Waals surface area contributed by atoms with Gasteiger partial charge in [0, 0.05) is 6.07 Å². The highest BCUT2D eigenvalue weighted by Crippen LogP contribution is 2.24. The highest BCUT2D eigenvalue weighted by atomic mass is 19.1. The van der Waals surface area contributed by atoms with Gasteiger partial charge in [0.25, 0.3) is 5.91 Å². The number of carbonyl (C=O) groups is 2. The zero-order valence-corrected chi connectivity index (χ0v) is 11.6. The van der Waals surface area contributed by atoms with E-state index in [0.29, 0.717) is 19.0 Å². The summed E-state index contributed by atoms with van der Waals surface area (Å²) in [6.07, 6.45) is 2.47. The Bertz CT molecular complexity index is 584. The second-order valence-electron chi connectivity index (χ2n) is 5.35. The molecule has 1 aliphatic heterocycles. The van der Waals surface area contributed by atoms with Gasteiger partial charge >= 0.3 is 0 Å². The number of primary amides is 1. The molecule has 2 rings (SSSR count). The summed E-state index contributed by atoms with van der Waals surface area (Å²) in [7, 11) is 0. The Morgan fingerprint density at radius 1 is 1.29 bits per heavy atom. The molecule has 1 atom stereocenters. The number of anilines is 1. The van der Waals surface area contributed by atoms with Gasteiger partial charge in [-0.15, -0.1) is 0 Å². The lowest BCUT2D eigenvalue weighted by Crippen LogP contribution is -2.54. The van der Waals surface area contributed by atoms with Gasteiger partial charge in [-0.05, 0) is 38.8 Å². The smallest absolute Gasteiger partial charge is 0.251 e. The normalized spacial score (nSPS) is 21.9. The summed E-state index contributed by atoms with van der Waals surface area (Å²) < 4.78 is 27.1. The molecule has 0 radical (unpaired) electrons. The minimum Gasteiger partial charge on any atom is -0.366 e. The molecule has 0 aromatic heterocycles. The fourth-order valence-electron chi connectivity index (χ4n) is 2.34. The first-order valence-electron chi connectivity index (χ1n) is 6.69. The third-order valence-corrected chi connectivity index (χ3v) is 3.69. The van der Waals surface area contributed by atoms with E-state index in [0.717, 1.165) is 18.9 Å². The molecule has 1 unspecified atom stereocenters. The Morgan fingerprint density at radius 3 is 2.57 bits per heavy atom. The third kappa shape index (κ3) is 3.18. The van der Waals surface area contributed by atoms with Crippen molar-refractivity contribution in [3.05, 3.63) is 29.3 Å². The fourth-order valence-corrected chi connectivity index (χ4v) is 2.34. The van der Waals surface area contributed by atoms with E-state index in [1.807, 2.05) is 0 Å². The molecule has 1 aromatic rings. The number of carbonyl (C=O) groups excluding carboxylic acids is 2. The summed E-state index contributed by atoms with van der Waals surface area (Å²) in [6.45, 7) is 2.42. The minimum atomic E-state index is -1.06. The van der Waals surface area contributed by atoms with Crippen molar-refractivity contribution >= 4 is 17.5 Å². The van der Waals surface area contributed by atoms with Gasteiger partial charge in [0.15, 0.2) is 0 Å². The van der Waals surface area contributed by atoms with Gasteiger partial charge in [-0.2, -0.15) is 0 Å². The summed E-state index contributed by atoms with van der Waals surface area (Å²) in [4.78, 5) is 23.3. The molecule has 0 bridgehead atoms. The Hall–Kier alpha value is -2.02. The summed E-state index contributed by atoms with van der Waals surface area (Å²) in [5.74, 6) is -3.46. The van der Waals surface area contributed by atoms with Crippen molar-refractivity contribution < 1.29 is 18.4 Å². The molecule has 1 saturated heterocycles. The van der Waals surface area contributed by atoms with Gasteiger partial charge in [-0.25, -0.2) is 8.78 Å². The summed E-state index contributed by atoms with van der Waals surface area (Å²) in [5.41, 5.74) is 3.47. The van der Waals surface area contributed by atoms with Crippen LogP contribution >= 0.6 is 0 Å². The summed E-state index contributed by atoms with van der Waals surface area (Å²) >= 11 is 0. The van der Waals surface area contributed by atoms with Crippen LogP contribution in [0.5, 0.6) is 0 Å². The zero-order chi connectivity index (χ0) is 15.6. The minimum absolute atomic E-state index is 0.260. The van der Waals surface area contributed by atoms with Crippen LogP contribution in [0.2, 0.25) is 0 Å². The number of hydrogen-bond donors (Lipinski definition) is 3. The van der Waals surface area contributed by atoms with Crippen LogP contribution in [0.15, 0.2) is 12.1 Å². The van der Waals surface area contributed by atoms with Crippen LogP contribution in [0.3, 0.4) is 0 Å². The molecular weight excluding hydrogens is 280 g/mol. The van der Waals surface area contributed by atoms with E-state index in [2.05, 4.69) is 10.6 Å². The molecule has 5 nitrogen and oxygen atoms in total. The van der Waals surface area contributed by atoms with Crippen molar-refractivity contribution in [2.75, 3.05) is 11.9 Å². The average Bonchev–Trinajstić information content (AvgIpc) is 2.42. The molecule has 0 aliphatic carbocycles. The Kier molecular flexibility index (Phi) is 4.22. The van der Waals surface area contributed by atoms with Gasteiger partial charge in [-0.1, -0.05) is 0 Å².